The first-order valence-corrected chi connectivity index (χ1v) is 7.02. The highest BCUT2D eigenvalue weighted by molar-refractivity contribution is 5.75. The molecule has 6 heteroatoms. The van der Waals surface area contributed by atoms with Crippen LogP contribution >= 0.6 is 0 Å². The number of terminal acetylenes is 1. The molecular weight excluding hydrogens is 258 g/mol. The van der Waals surface area contributed by atoms with E-state index in [4.69, 9.17) is 11.5 Å². The van der Waals surface area contributed by atoms with E-state index in [0.29, 0.717) is 32.7 Å². The Hall–Kier alpha value is -1.74. The number of carbonyl (C=O) groups excluding carboxylic acids is 1. The van der Waals surface area contributed by atoms with E-state index < -0.39 is 5.97 Å². The molecule has 0 aliphatic carbocycles. The largest absolute Gasteiger partial charge is 0.481 e. The van der Waals surface area contributed by atoms with Gasteiger partial charge in [0.2, 0.25) is 0 Å². The van der Waals surface area contributed by atoms with Crippen molar-refractivity contribution < 1.29 is 14.7 Å². The maximum Gasteiger partial charge on any atom is 0.318 e. The van der Waals surface area contributed by atoms with Crippen LogP contribution in [-0.2, 0) is 4.79 Å². The van der Waals surface area contributed by atoms with Gasteiger partial charge in [0.1, 0.15) is 0 Å². The van der Waals surface area contributed by atoms with E-state index in [1.54, 1.807) is 4.90 Å². The quantitative estimate of drug-likeness (QED) is 0.699. The van der Waals surface area contributed by atoms with Gasteiger partial charge in [-0.15, -0.1) is 6.42 Å². The lowest BCUT2D eigenvalue weighted by molar-refractivity contribution is -0.137. The van der Waals surface area contributed by atoms with E-state index in [1.165, 1.54) is 0 Å². The highest BCUT2D eigenvalue weighted by Crippen LogP contribution is 2.04. The van der Waals surface area contributed by atoms with E-state index in [2.05, 4.69) is 16.1 Å². The van der Waals surface area contributed by atoms with Crippen molar-refractivity contribution in [3.8, 4) is 12.3 Å². The van der Waals surface area contributed by atoms with Gasteiger partial charge >= 0.3 is 12.0 Å². The van der Waals surface area contributed by atoms with Gasteiger partial charge < -0.3 is 15.3 Å². The zero-order valence-corrected chi connectivity index (χ0v) is 12.0. The monoisotopic (exact) mass is 281 g/mol. The molecule has 0 aromatic carbocycles. The van der Waals surface area contributed by atoms with Crippen molar-refractivity contribution in [1.82, 2.24) is 15.1 Å². The number of nitrogens with one attached hydrogen (secondary N) is 1. The number of carboxylic acids is 1. The topological polar surface area (TPSA) is 72.9 Å². The predicted octanol–water partition coefficient (Wildman–Crippen LogP) is 0.590. The third-order valence-corrected chi connectivity index (χ3v) is 3.38. The van der Waals surface area contributed by atoms with Crippen LogP contribution in [0.3, 0.4) is 0 Å². The van der Waals surface area contributed by atoms with E-state index in [1.807, 2.05) is 6.92 Å². The number of rotatable bonds is 6. The van der Waals surface area contributed by atoms with Crippen LogP contribution in [0.1, 0.15) is 26.2 Å². The van der Waals surface area contributed by atoms with Crippen molar-refractivity contribution in [2.24, 2.45) is 0 Å². The normalized spacial score (nSPS) is 17.3. The van der Waals surface area contributed by atoms with Crippen LogP contribution in [-0.4, -0.2) is 65.7 Å². The molecule has 112 valence electrons. The maximum atomic E-state index is 12.0. The Morgan fingerprint density at radius 1 is 1.35 bits per heavy atom. The van der Waals surface area contributed by atoms with E-state index in [0.717, 1.165) is 12.8 Å². The Balaban J connectivity index is 2.32. The number of amides is 2. The standard InChI is InChI=1S/C14H23N3O3/c1-3-5-12(4-2)15-14(20)17-10-8-16(9-11-17)7-6-13(18)19/h2,12H,3,5-11H2,1H3,(H,15,20)(H,18,19). The van der Waals surface area contributed by atoms with Crippen LogP contribution in [0.25, 0.3) is 0 Å². The molecule has 1 aliphatic rings. The molecule has 1 unspecified atom stereocenters. The number of aliphatic carboxylic acids is 1. The minimum atomic E-state index is -0.790. The Morgan fingerprint density at radius 3 is 2.50 bits per heavy atom. The summed E-state index contributed by atoms with van der Waals surface area (Å²) in [6, 6.07) is -0.336. The molecule has 0 aromatic rings. The molecule has 2 N–H and O–H groups in total. The molecule has 0 spiro atoms. The first-order chi connectivity index (χ1) is 9.56. The van der Waals surface area contributed by atoms with Crippen molar-refractivity contribution in [2.45, 2.75) is 32.2 Å². The smallest absolute Gasteiger partial charge is 0.318 e. The number of carbonyl (C=O) groups is 2. The number of piperazine rings is 1. The van der Waals surface area contributed by atoms with E-state index in [-0.39, 0.29) is 18.5 Å². The van der Waals surface area contributed by atoms with Crippen LogP contribution in [0, 0.1) is 12.3 Å². The number of hydrogen-bond donors (Lipinski definition) is 2. The molecule has 1 fully saturated rings. The number of urea groups is 1. The first-order valence-electron chi connectivity index (χ1n) is 7.02. The van der Waals surface area contributed by atoms with Crippen molar-refractivity contribution >= 4 is 12.0 Å². The fraction of sp³-hybridized carbons (Fsp3) is 0.714. The molecule has 1 atom stereocenters. The zero-order valence-electron chi connectivity index (χ0n) is 12.0. The van der Waals surface area contributed by atoms with Crippen molar-refractivity contribution in [3.63, 3.8) is 0 Å². The third-order valence-electron chi connectivity index (χ3n) is 3.38. The third kappa shape index (κ3) is 5.49. The Morgan fingerprint density at radius 2 is 2.00 bits per heavy atom. The van der Waals surface area contributed by atoms with Crippen LogP contribution in [0.5, 0.6) is 0 Å². The molecule has 0 radical (unpaired) electrons. The average Bonchev–Trinajstić information content (AvgIpc) is 2.45. The van der Waals surface area contributed by atoms with Crippen LogP contribution < -0.4 is 5.32 Å². The fourth-order valence-corrected chi connectivity index (χ4v) is 2.15. The lowest BCUT2D eigenvalue weighted by atomic mass is 10.2. The average molecular weight is 281 g/mol. The molecule has 0 saturated carbocycles. The summed E-state index contributed by atoms with van der Waals surface area (Å²) in [5.74, 6) is 1.79. The molecule has 1 heterocycles. The summed E-state index contributed by atoms with van der Waals surface area (Å²) >= 11 is 0. The number of nitrogens with zero attached hydrogens (tertiary/aromatic N) is 2. The fourth-order valence-electron chi connectivity index (χ4n) is 2.15. The summed E-state index contributed by atoms with van der Waals surface area (Å²) in [7, 11) is 0. The number of carboxylic acid groups (broad SMARTS) is 1. The van der Waals surface area contributed by atoms with Gasteiger partial charge in [0.25, 0.3) is 0 Å². The molecule has 6 nitrogen and oxygen atoms in total. The van der Waals surface area contributed by atoms with Gasteiger partial charge in [-0.3, -0.25) is 9.69 Å². The summed E-state index contributed by atoms with van der Waals surface area (Å²) in [5.41, 5.74) is 0. The lowest BCUT2D eigenvalue weighted by Gasteiger charge is -2.34. The van der Waals surface area contributed by atoms with Gasteiger partial charge in [0.15, 0.2) is 0 Å². The Bertz CT molecular complexity index is 370. The second kappa shape index (κ2) is 8.43. The van der Waals surface area contributed by atoms with Crippen LogP contribution in [0.15, 0.2) is 0 Å². The summed E-state index contributed by atoms with van der Waals surface area (Å²) in [6.45, 7) is 5.18. The maximum absolute atomic E-state index is 12.0. The van der Waals surface area contributed by atoms with Crippen molar-refractivity contribution in [2.75, 3.05) is 32.7 Å². The Labute approximate surface area is 120 Å². The predicted molar refractivity (Wildman–Crippen MR) is 76.3 cm³/mol. The molecule has 1 rings (SSSR count). The van der Waals surface area contributed by atoms with Gasteiger partial charge in [0, 0.05) is 32.7 Å². The van der Waals surface area contributed by atoms with Crippen LogP contribution in [0.4, 0.5) is 4.79 Å². The number of hydrogen-bond acceptors (Lipinski definition) is 3. The van der Waals surface area contributed by atoms with Crippen molar-refractivity contribution in [1.29, 1.82) is 0 Å². The highest BCUT2D eigenvalue weighted by Gasteiger charge is 2.22. The van der Waals surface area contributed by atoms with E-state index >= 15 is 0 Å². The molecule has 0 bridgehead atoms. The molecule has 1 saturated heterocycles. The van der Waals surface area contributed by atoms with Gasteiger partial charge in [-0.2, -0.15) is 0 Å². The van der Waals surface area contributed by atoms with Crippen LogP contribution in [0.2, 0.25) is 0 Å². The highest BCUT2D eigenvalue weighted by atomic mass is 16.4. The summed E-state index contributed by atoms with van der Waals surface area (Å²) in [5, 5.41) is 11.5. The van der Waals surface area contributed by atoms with Gasteiger partial charge in [0.05, 0.1) is 12.5 Å². The molecule has 20 heavy (non-hydrogen) atoms. The van der Waals surface area contributed by atoms with Gasteiger partial charge in [-0.05, 0) is 6.42 Å². The molecule has 0 aromatic heterocycles. The summed E-state index contributed by atoms with van der Waals surface area (Å²) in [6.07, 6.45) is 7.23. The summed E-state index contributed by atoms with van der Waals surface area (Å²) < 4.78 is 0. The lowest BCUT2D eigenvalue weighted by Crippen LogP contribution is -2.53. The van der Waals surface area contributed by atoms with E-state index in [9.17, 15) is 9.59 Å². The van der Waals surface area contributed by atoms with Gasteiger partial charge in [-0.1, -0.05) is 19.3 Å². The second-order valence-corrected chi connectivity index (χ2v) is 4.93. The minimum absolute atomic E-state index is 0.126. The SMILES string of the molecule is C#CC(CCC)NC(=O)N1CCN(CCC(=O)O)CC1. The Kier molecular flexibility index (Phi) is 6.88. The summed E-state index contributed by atoms with van der Waals surface area (Å²) in [4.78, 5) is 26.3. The first kappa shape index (κ1) is 16.3. The molecule has 2 amide bonds. The van der Waals surface area contributed by atoms with Crippen molar-refractivity contribution in [3.05, 3.63) is 0 Å². The molecule has 1 aliphatic heterocycles. The second-order valence-electron chi connectivity index (χ2n) is 4.93. The minimum Gasteiger partial charge on any atom is -0.481 e. The molecular formula is C14H23N3O3. The van der Waals surface area contributed by atoms with Gasteiger partial charge in [-0.25, -0.2) is 4.79 Å². The zero-order chi connectivity index (χ0) is 15.0.